The van der Waals surface area contributed by atoms with E-state index in [1.54, 1.807) is 13.8 Å². The predicted molar refractivity (Wildman–Crippen MR) is 52.9 cm³/mol. The van der Waals surface area contributed by atoms with Gasteiger partial charge in [-0.1, -0.05) is 13.0 Å². The highest BCUT2D eigenvalue weighted by Crippen LogP contribution is 2.06. The van der Waals surface area contributed by atoms with Crippen LogP contribution in [0.4, 0.5) is 0 Å². The molecule has 0 aliphatic carbocycles. The first-order chi connectivity index (χ1) is 5.83. The molecule has 0 aliphatic rings. The molecule has 2 N–H and O–H groups in total. The number of aliphatic hydroxyl groups is 1. The second-order valence-electron chi connectivity index (χ2n) is 3.24. The van der Waals surface area contributed by atoms with Crippen LogP contribution in [-0.2, 0) is 10.0 Å². The van der Waals surface area contributed by atoms with E-state index in [0.29, 0.717) is 6.42 Å². The van der Waals surface area contributed by atoms with Crippen LogP contribution in [0.3, 0.4) is 0 Å². The van der Waals surface area contributed by atoms with Crippen LogP contribution in [0.15, 0.2) is 12.7 Å². The molecule has 0 bridgehead atoms. The fourth-order valence-corrected chi connectivity index (χ4v) is 1.56. The average molecular weight is 207 g/mol. The summed E-state index contributed by atoms with van der Waals surface area (Å²) in [6.45, 7) is 6.75. The molecule has 0 saturated heterocycles. The van der Waals surface area contributed by atoms with Crippen molar-refractivity contribution in [3.8, 4) is 0 Å². The van der Waals surface area contributed by atoms with Crippen molar-refractivity contribution in [3.63, 3.8) is 0 Å². The Morgan fingerprint density at radius 3 is 2.54 bits per heavy atom. The SMILES string of the molecule is C=CCS(=O)(=O)NCC(C)(O)CC. The Kier molecular flexibility index (Phi) is 4.60. The van der Waals surface area contributed by atoms with Gasteiger partial charge in [-0.15, -0.1) is 6.58 Å². The summed E-state index contributed by atoms with van der Waals surface area (Å²) in [5.41, 5.74) is -0.978. The van der Waals surface area contributed by atoms with Crippen LogP contribution in [0, 0.1) is 0 Å². The van der Waals surface area contributed by atoms with Crippen molar-refractivity contribution in [3.05, 3.63) is 12.7 Å². The Morgan fingerprint density at radius 1 is 1.62 bits per heavy atom. The molecule has 0 fully saturated rings. The van der Waals surface area contributed by atoms with Crippen LogP contribution < -0.4 is 4.72 Å². The van der Waals surface area contributed by atoms with Gasteiger partial charge >= 0.3 is 0 Å². The molecule has 0 aromatic carbocycles. The minimum absolute atomic E-state index is 0.0413. The molecule has 0 aromatic rings. The zero-order valence-corrected chi connectivity index (χ0v) is 8.89. The summed E-state index contributed by atoms with van der Waals surface area (Å²) < 4.78 is 24.5. The largest absolute Gasteiger partial charge is 0.389 e. The molecule has 0 radical (unpaired) electrons. The molecule has 0 heterocycles. The lowest BCUT2D eigenvalue weighted by molar-refractivity contribution is 0.0614. The zero-order valence-electron chi connectivity index (χ0n) is 8.08. The third-order valence-corrected chi connectivity index (χ3v) is 3.03. The van der Waals surface area contributed by atoms with Crippen LogP contribution in [0.2, 0.25) is 0 Å². The van der Waals surface area contributed by atoms with Gasteiger partial charge in [0.2, 0.25) is 10.0 Å². The van der Waals surface area contributed by atoms with Crippen LogP contribution in [0.5, 0.6) is 0 Å². The quantitative estimate of drug-likeness (QED) is 0.614. The van der Waals surface area contributed by atoms with Crippen molar-refractivity contribution >= 4 is 10.0 Å². The van der Waals surface area contributed by atoms with E-state index in [4.69, 9.17) is 0 Å². The lowest BCUT2D eigenvalue weighted by Gasteiger charge is -2.21. The van der Waals surface area contributed by atoms with E-state index in [2.05, 4.69) is 11.3 Å². The van der Waals surface area contributed by atoms with Crippen molar-refractivity contribution in [1.29, 1.82) is 0 Å². The third kappa shape index (κ3) is 5.79. The summed E-state index contributed by atoms with van der Waals surface area (Å²) in [6, 6.07) is 0. The van der Waals surface area contributed by atoms with Gasteiger partial charge in [0.15, 0.2) is 0 Å². The molecule has 0 aromatic heterocycles. The van der Waals surface area contributed by atoms with Gasteiger partial charge in [-0.2, -0.15) is 0 Å². The highest BCUT2D eigenvalue weighted by Gasteiger charge is 2.20. The van der Waals surface area contributed by atoms with Gasteiger partial charge in [0, 0.05) is 6.54 Å². The van der Waals surface area contributed by atoms with Crippen molar-refractivity contribution in [2.45, 2.75) is 25.9 Å². The summed E-state index contributed by atoms with van der Waals surface area (Å²) in [5.74, 6) is -0.118. The first-order valence-electron chi connectivity index (χ1n) is 4.13. The molecule has 0 spiro atoms. The maximum Gasteiger partial charge on any atom is 0.215 e. The van der Waals surface area contributed by atoms with Crippen molar-refractivity contribution < 1.29 is 13.5 Å². The van der Waals surface area contributed by atoms with Crippen LogP contribution in [0.1, 0.15) is 20.3 Å². The maximum absolute atomic E-state index is 11.1. The van der Waals surface area contributed by atoms with Gasteiger partial charge < -0.3 is 5.11 Å². The monoisotopic (exact) mass is 207 g/mol. The number of rotatable bonds is 6. The first-order valence-corrected chi connectivity index (χ1v) is 5.79. The van der Waals surface area contributed by atoms with E-state index in [9.17, 15) is 13.5 Å². The topological polar surface area (TPSA) is 66.4 Å². The van der Waals surface area contributed by atoms with Crippen LogP contribution in [0.25, 0.3) is 0 Å². The van der Waals surface area contributed by atoms with Gasteiger partial charge in [-0.05, 0) is 13.3 Å². The molecule has 1 unspecified atom stereocenters. The van der Waals surface area contributed by atoms with E-state index in [1.807, 2.05) is 0 Å². The van der Waals surface area contributed by atoms with E-state index in [0.717, 1.165) is 0 Å². The molecular weight excluding hydrogens is 190 g/mol. The van der Waals surface area contributed by atoms with Crippen molar-refractivity contribution in [2.75, 3.05) is 12.3 Å². The number of sulfonamides is 1. The minimum Gasteiger partial charge on any atom is -0.389 e. The molecule has 0 amide bonds. The highest BCUT2D eigenvalue weighted by molar-refractivity contribution is 7.89. The first kappa shape index (κ1) is 12.6. The fraction of sp³-hybridized carbons (Fsp3) is 0.750. The van der Waals surface area contributed by atoms with Gasteiger partial charge in [0.25, 0.3) is 0 Å². The molecule has 0 aliphatic heterocycles. The number of nitrogens with one attached hydrogen (secondary N) is 1. The second kappa shape index (κ2) is 4.74. The zero-order chi connectivity index (χ0) is 10.5. The van der Waals surface area contributed by atoms with Gasteiger partial charge in [0.1, 0.15) is 0 Å². The number of hydrogen-bond donors (Lipinski definition) is 2. The summed E-state index contributed by atoms with van der Waals surface area (Å²) in [5, 5.41) is 9.50. The van der Waals surface area contributed by atoms with Crippen molar-refractivity contribution in [1.82, 2.24) is 4.72 Å². The van der Waals surface area contributed by atoms with Gasteiger partial charge in [-0.25, -0.2) is 13.1 Å². The van der Waals surface area contributed by atoms with E-state index >= 15 is 0 Å². The standard InChI is InChI=1S/C8H17NO3S/c1-4-6-13(11,12)9-7-8(3,10)5-2/h4,9-10H,1,5-7H2,2-3H3. The predicted octanol–water partition coefficient (Wildman–Crippen LogP) is 0.253. The normalized spacial score (nSPS) is 16.5. The van der Waals surface area contributed by atoms with E-state index in [1.165, 1.54) is 6.08 Å². The Balaban J connectivity index is 4.09. The Labute approximate surface area is 79.7 Å². The fourth-order valence-electron chi connectivity index (χ4n) is 0.605. The van der Waals surface area contributed by atoms with Crippen LogP contribution in [-0.4, -0.2) is 31.4 Å². The molecule has 78 valence electrons. The third-order valence-electron chi connectivity index (χ3n) is 1.77. The molecule has 0 rings (SSSR count). The molecule has 1 atom stereocenters. The summed E-state index contributed by atoms with van der Waals surface area (Å²) in [6.07, 6.45) is 1.81. The molecular formula is C8H17NO3S. The summed E-state index contributed by atoms with van der Waals surface area (Å²) >= 11 is 0. The molecule has 5 heteroatoms. The number of hydrogen-bond acceptors (Lipinski definition) is 3. The lowest BCUT2D eigenvalue weighted by atomic mass is 10.1. The van der Waals surface area contributed by atoms with Gasteiger partial charge in [-0.3, -0.25) is 0 Å². The Hall–Kier alpha value is -0.390. The van der Waals surface area contributed by atoms with E-state index < -0.39 is 15.6 Å². The minimum atomic E-state index is -3.30. The second-order valence-corrected chi connectivity index (χ2v) is 5.09. The Bertz CT molecular complexity index is 257. The molecule has 13 heavy (non-hydrogen) atoms. The molecule has 0 saturated carbocycles. The maximum atomic E-state index is 11.1. The highest BCUT2D eigenvalue weighted by atomic mass is 32.2. The smallest absolute Gasteiger partial charge is 0.215 e. The summed E-state index contributed by atoms with van der Waals surface area (Å²) in [7, 11) is -3.30. The van der Waals surface area contributed by atoms with E-state index in [-0.39, 0.29) is 12.3 Å². The summed E-state index contributed by atoms with van der Waals surface area (Å²) in [4.78, 5) is 0. The van der Waals surface area contributed by atoms with Crippen LogP contribution >= 0.6 is 0 Å². The molecule has 4 nitrogen and oxygen atoms in total. The lowest BCUT2D eigenvalue weighted by Crippen LogP contribution is -2.40. The average Bonchev–Trinajstić information content (AvgIpc) is 2.02. The van der Waals surface area contributed by atoms with Gasteiger partial charge in [0.05, 0.1) is 11.4 Å². The Morgan fingerprint density at radius 2 is 2.15 bits per heavy atom. The van der Waals surface area contributed by atoms with Crippen molar-refractivity contribution in [2.24, 2.45) is 0 Å².